The molecule has 1 aromatic carbocycles. The summed E-state index contributed by atoms with van der Waals surface area (Å²) in [6.45, 7) is 2.02. The second kappa shape index (κ2) is 7.24. The topological polar surface area (TPSA) is 55.8 Å². The summed E-state index contributed by atoms with van der Waals surface area (Å²) in [6.07, 6.45) is 2.16. The minimum Gasteiger partial charge on any atom is -0.493 e. The van der Waals surface area contributed by atoms with E-state index in [4.69, 9.17) is 26.2 Å². The summed E-state index contributed by atoms with van der Waals surface area (Å²) < 4.78 is 10.6. The first-order chi connectivity index (χ1) is 9.04. The number of hydrogen-bond acceptors (Lipinski definition) is 3. The highest BCUT2D eigenvalue weighted by Crippen LogP contribution is 2.40. The maximum absolute atomic E-state index is 10.6. The van der Waals surface area contributed by atoms with Gasteiger partial charge in [0.05, 0.1) is 19.2 Å². The fourth-order valence-electron chi connectivity index (χ4n) is 2.14. The van der Waals surface area contributed by atoms with Crippen LogP contribution in [0.2, 0.25) is 5.02 Å². The molecule has 0 unspecified atom stereocenters. The summed E-state index contributed by atoms with van der Waals surface area (Å²) in [5, 5.41) is 9.17. The molecule has 0 aliphatic heterocycles. The monoisotopic (exact) mass is 286 g/mol. The van der Waals surface area contributed by atoms with E-state index in [2.05, 4.69) is 0 Å². The molecule has 0 aliphatic carbocycles. The Morgan fingerprint density at radius 2 is 1.95 bits per heavy atom. The molecule has 4 nitrogen and oxygen atoms in total. The van der Waals surface area contributed by atoms with Gasteiger partial charge < -0.3 is 14.6 Å². The van der Waals surface area contributed by atoms with Crippen LogP contribution in [0.4, 0.5) is 0 Å². The molecular formula is C14H19ClO4. The maximum Gasteiger partial charge on any atom is 0.303 e. The van der Waals surface area contributed by atoms with Crippen molar-refractivity contribution in [3.8, 4) is 11.5 Å². The van der Waals surface area contributed by atoms with Crippen molar-refractivity contribution >= 4 is 17.6 Å². The van der Waals surface area contributed by atoms with Crippen molar-refractivity contribution in [2.45, 2.75) is 32.6 Å². The first-order valence-corrected chi connectivity index (χ1v) is 6.56. The number of carboxylic acid groups (broad SMARTS) is 1. The molecule has 19 heavy (non-hydrogen) atoms. The molecule has 1 rings (SSSR count). The lowest BCUT2D eigenvalue weighted by atomic mass is 9.98. The van der Waals surface area contributed by atoms with Gasteiger partial charge in [0.2, 0.25) is 0 Å². The van der Waals surface area contributed by atoms with E-state index in [0.29, 0.717) is 29.4 Å². The predicted molar refractivity (Wildman–Crippen MR) is 74.5 cm³/mol. The van der Waals surface area contributed by atoms with Crippen molar-refractivity contribution in [1.29, 1.82) is 0 Å². The zero-order valence-electron chi connectivity index (χ0n) is 11.5. The lowest BCUT2D eigenvalue weighted by molar-refractivity contribution is -0.137. The molecular weight excluding hydrogens is 268 g/mol. The Bertz CT molecular complexity index is 457. The van der Waals surface area contributed by atoms with Gasteiger partial charge in [-0.25, -0.2) is 0 Å². The quantitative estimate of drug-likeness (QED) is 0.835. The van der Waals surface area contributed by atoms with Crippen molar-refractivity contribution in [2.75, 3.05) is 14.2 Å². The van der Waals surface area contributed by atoms with E-state index >= 15 is 0 Å². The van der Waals surface area contributed by atoms with Crippen LogP contribution in [0.1, 0.15) is 30.9 Å². The standard InChI is InChI=1S/C14H19ClO4/c1-4-10-9(6-5-7-12(16)17)8-11(15)14(19-3)13(10)18-2/h8H,4-7H2,1-3H3,(H,16,17). The van der Waals surface area contributed by atoms with Gasteiger partial charge >= 0.3 is 5.97 Å². The van der Waals surface area contributed by atoms with Gasteiger partial charge in [-0.05, 0) is 30.9 Å². The first-order valence-electron chi connectivity index (χ1n) is 6.19. The largest absolute Gasteiger partial charge is 0.493 e. The lowest BCUT2D eigenvalue weighted by Crippen LogP contribution is -2.03. The number of methoxy groups -OCH3 is 2. The van der Waals surface area contributed by atoms with E-state index < -0.39 is 5.97 Å². The molecule has 106 valence electrons. The van der Waals surface area contributed by atoms with Crippen LogP contribution in [0.15, 0.2) is 6.07 Å². The van der Waals surface area contributed by atoms with Gasteiger partial charge in [-0.15, -0.1) is 0 Å². The highest BCUT2D eigenvalue weighted by molar-refractivity contribution is 6.32. The molecule has 0 saturated heterocycles. The molecule has 0 atom stereocenters. The van der Waals surface area contributed by atoms with Gasteiger partial charge in [0, 0.05) is 12.0 Å². The number of aryl methyl sites for hydroxylation is 1. The van der Waals surface area contributed by atoms with Crippen LogP contribution in [-0.4, -0.2) is 25.3 Å². The van der Waals surface area contributed by atoms with E-state index in [-0.39, 0.29) is 6.42 Å². The predicted octanol–water partition coefficient (Wildman–Crippen LogP) is 3.33. The number of carbonyl (C=O) groups is 1. The summed E-state index contributed by atoms with van der Waals surface area (Å²) in [4.78, 5) is 10.6. The Kier molecular flexibility index (Phi) is 5.96. The second-order valence-electron chi connectivity index (χ2n) is 4.16. The Hall–Kier alpha value is -1.42. The van der Waals surface area contributed by atoms with Gasteiger partial charge in [-0.3, -0.25) is 4.79 Å². The molecule has 0 aliphatic rings. The SMILES string of the molecule is CCc1c(CCCC(=O)O)cc(Cl)c(OC)c1OC. The van der Waals surface area contributed by atoms with Gasteiger partial charge in [-0.1, -0.05) is 18.5 Å². The molecule has 0 radical (unpaired) electrons. The van der Waals surface area contributed by atoms with E-state index in [0.717, 1.165) is 17.5 Å². The van der Waals surface area contributed by atoms with Crippen LogP contribution in [-0.2, 0) is 17.6 Å². The van der Waals surface area contributed by atoms with Crippen LogP contribution < -0.4 is 9.47 Å². The molecule has 0 spiro atoms. The van der Waals surface area contributed by atoms with Gasteiger partial charge in [0.25, 0.3) is 0 Å². The molecule has 0 bridgehead atoms. The molecule has 0 saturated carbocycles. The van der Waals surface area contributed by atoms with E-state index in [1.165, 1.54) is 0 Å². The summed E-state index contributed by atoms with van der Waals surface area (Å²) in [6, 6.07) is 1.84. The van der Waals surface area contributed by atoms with Gasteiger partial charge in [-0.2, -0.15) is 0 Å². The Morgan fingerprint density at radius 1 is 1.32 bits per heavy atom. The minimum absolute atomic E-state index is 0.148. The number of aliphatic carboxylic acids is 1. The van der Waals surface area contributed by atoms with Crippen LogP contribution in [0.3, 0.4) is 0 Å². The van der Waals surface area contributed by atoms with Crippen molar-refractivity contribution in [3.05, 3.63) is 22.2 Å². The molecule has 0 fully saturated rings. The Balaban J connectivity index is 3.09. The average Bonchev–Trinajstić information content (AvgIpc) is 2.37. The fraction of sp³-hybridized carbons (Fsp3) is 0.500. The number of rotatable bonds is 7. The molecule has 1 N–H and O–H groups in total. The summed E-state index contributed by atoms with van der Waals surface area (Å²) in [7, 11) is 3.13. The third kappa shape index (κ3) is 3.77. The molecule has 5 heteroatoms. The molecule has 0 amide bonds. The number of ether oxygens (including phenoxy) is 2. The smallest absolute Gasteiger partial charge is 0.303 e. The second-order valence-corrected chi connectivity index (χ2v) is 4.57. The van der Waals surface area contributed by atoms with Gasteiger partial charge in [0.1, 0.15) is 0 Å². The Labute approximate surface area is 118 Å². The van der Waals surface area contributed by atoms with E-state index in [1.807, 2.05) is 13.0 Å². The zero-order chi connectivity index (χ0) is 14.4. The normalized spacial score (nSPS) is 10.3. The summed E-state index contributed by atoms with van der Waals surface area (Å²) in [5.74, 6) is 0.385. The Morgan fingerprint density at radius 3 is 2.42 bits per heavy atom. The number of halogens is 1. The molecule has 1 aromatic rings. The van der Waals surface area contributed by atoms with Crippen molar-refractivity contribution in [3.63, 3.8) is 0 Å². The fourth-order valence-corrected chi connectivity index (χ4v) is 2.44. The highest BCUT2D eigenvalue weighted by atomic mass is 35.5. The average molecular weight is 287 g/mol. The summed E-state index contributed by atoms with van der Waals surface area (Å²) in [5.41, 5.74) is 2.04. The molecule has 0 heterocycles. The number of carboxylic acids is 1. The van der Waals surface area contributed by atoms with Crippen LogP contribution in [0.5, 0.6) is 11.5 Å². The van der Waals surface area contributed by atoms with E-state index in [9.17, 15) is 4.79 Å². The molecule has 0 aromatic heterocycles. The first kappa shape index (κ1) is 15.6. The lowest BCUT2D eigenvalue weighted by Gasteiger charge is -2.17. The van der Waals surface area contributed by atoms with E-state index in [1.54, 1.807) is 14.2 Å². The zero-order valence-corrected chi connectivity index (χ0v) is 12.2. The number of benzene rings is 1. The van der Waals surface area contributed by atoms with Crippen LogP contribution in [0, 0.1) is 0 Å². The van der Waals surface area contributed by atoms with Crippen molar-refractivity contribution in [1.82, 2.24) is 0 Å². The number of hydrogen-bond donors (Lipinski definition) is 1. The van der Waals surface area contributed by atoms with Crippen molar-refractivity contribution < 1.29 is 19.4 Å². The third-order valence-electron chi connectivity index (χ3n) is 2.98. The van der Waals surface area contributed by atoms with Crippen molar-refractivity contribution in [2.24, 2.45) is 0 Å². The third-order valence-corrected chi connectivity index (χ3v) is 3.27. The highest BCUT2D eigenvalue weighted by Gasteiger charge is 2.17. The maximum atomic E-state index is 10.6. The minimum atomic E-state index is -0.787. The van der Waals surface area contributed by atoms with Crippen LogP contribution >= 0.6 is 11.6 Å². The summed E-state index contributed by atoms with van der Waals surface area (Å²) >= 11 is 6.16. The van der Waals surface area contributed by atoms with Crippen LogP contribution in [0.25, 0.3) is 0 Å². The van der Waals surface area contributed by atoms with Gasteiger partial charge in [0.15, 0.2) is 11.5 Å².